The molecular weight excluding hydrogens is 328 g/mol. The summed E-state index contributed by atoms with van der Waals surface area (Å²) in [5.74, 6) is -0.600. The van der Waals surface area contributed by atoms with Crippen molar-refractivity contribution in [2.24, 2.45) is 0 Å². The number of fused-ring (bicyclic) bond motifs is 1. The molecule has 2 heterocycles. The van der Waals surface area contributed by atoms with Crippen LogP contribution in [0.5, 0.6) is 0 Å². The summed E-state index contributed by atoms with van der Waals surface area (Å²) in [5.41, 5.74) is 2.98. The first-order valence-electron chi connectivity index (χ1n) is 9.33. The lowest BCUT2D eigenvalue weighted by Gasteiger charge is -2.24. The Balaban J connectivity index is 1.75. The van der Waals surface area contributed by atoms with E-state index in [-0.39, 0.29) is 5.91 Å². The van der Waals surface area contributed by atoms with Gasteiger partial charge in [0.25, 0.3) is 5.91 Å². The molecule has 1 aromatic heterocycles. The first-order chi connectivity index (χ1) is 12.5. The summed E-state index contributed by atoms with van der Waals surface area (Å²) < 4.78 is 5.48. The maximum Gasteiger partial charge on any atom is 0.340 e. The summed E-state index contributed by atoms with van der Waals surface area (Å²) in [5, 5.41) is 0.897. The number of pyridine rings is 1. The molecule has 5 heteroatoms. The van der Waals surface area contributed by atoms with Crippen LogP contribution in [0.15, 0.2) is 24.3 Å². The maximum atomic E-state index is 12.6. The van der Waals surface area contributed by atoms with Crippen LogP contribution in [0.1, 0.15) is 54.2 Å². The van der Waals surface area contributed by atoms with E-state index in [0.29, 0.717) is 11.3 Å². The molecule has 0 radical (unpaired) electrons. The molecule has 5 nitrogen and oxygen atoms in total. The molecule has 0 N–H and O–H groups in total. The van der Waals surface area contributed by atoms with Crippen molar-refractivity contribution in [3.05, 3.63) is 41.1 Å². The average Bonchev–Trinajstić information content (AvgIpc) is 2.90. The highest BCUT2D eigenvalue weighted by Gasteiger charge is 2.25. The summed E-state index contributed by atoms with van der Waals surface area (Å²) in [6.07, 6.45) is 3.55. The first kappa shape index (κ1) is 18.4. The van der Waals surface area contributed by atoms with E-state index in [0.717, 1.165) is 55.2 Å². The standard InChI is InChI=1S/C21H26N2O3/c1-14-8-9-19-17(12-14)13-18(15(2)22-19)21(25)26-16(3)20(24)23-10-6-4-5-7-11-23/h8-9,12-13,16H,4-7,10-11H2,1-3H3/t16-/m0/s1. The predicted octanol–water partition coefficient (Wildman–Crippen LogP) is 3.80. The van der Waals surface area contributed by atoms with E-state index in [1.807, 2.05) is 30.0 Å². The van der Waals surface area contributed by atoms with Gasteiger partial charge in [-0.3, -0.25) is 9.78 Å². The number of hydrogen-bond acceptors (Lipinski definition) is 4. The number of rotatable bonds is 3. The molecule has 1 aromatic carbocycles. The zero-order chi connectivity index (χ0) is 18.7. The van der Waals surface area contributed by atoms with Crippen LogP contribution in [-0.2, 0) is 9.53 Å². The monoisotopic (exact) mass is 354 g/mol. The average molecular weight is 354 g/mol. The smallest absolute Gasteiger partial charge is 0.340 e. The van der Waals surface area contributed by atoms with Gasteiger partial charge in [0.1, 0.15) is 0 Å². The Bertz CT molecular complexity index is 823. The van der Waals surface area contributed by atoms with Gasteiger partial charge in [-0.1, -0.05) is 24.5 Å². The van der Waals surface area contributed by atoms with Gasteiger partial charge in [-0.25, -0.2) is 4.79 Å². The van der Waals surface area contributed by atoms with E-state index in [9.17, 15) is 9.59 Å². The van der Waals surface area contributed by atoms with Crippen molar-refractivity contribution in [1.29, 1.82) is 0 Å². The van der Waals surface area contributed by atoms with Crippen LogP contribution in [-0.4, -0.2) is 41.0 Å². The molecule has 0 spiro atoms. The second-order valence-corrected chi connectivity index (χ2v) is 7.10. The first-order valence-corrected chi connectivity index (χ1v) is 9.33. The third-order valence-corrected chi connectivity index (χ3v) is 4.93. The molecule has 26 heavy (non-hydrogen) atoms. The van der Waals surface area contributed by atoms with E-state index in [1.54, 1.807) is 19.9 Å². The third kappa shape index (κ3) is 4.03. The van der Waals surface area contributed by atoms with Crippen LogP contribution in [0.3, 0.4) is 0 Å². The van der Waals surface area contributed by atoms with Crippen LogP contribution < -0.4 is 0 Å². The number of carbonyl (C=O) groups is 2. The topological polar surface area (TPSA) is 59.5 Å². The van der Waals surface area contributed by atoms with E-state index in [4.69, 9.17) is 4.74 Å². The SMILES string of the molecule is Cc1ccc2nc(C)c(C(=O)O[C@@H](C)C(=O)N3CCCCCC3)cc2c1. The summed E-state index contributed by atoms with van der Waals surface area (Å²) in [7, 11) is 0. The second kappa shape index (κ2) is 7.85. The number of ether oxygens (including phenoxy) is 1. The normalized spacial score (nSPS) is 16.2. The fraction of sp³-hybridized carbons (Fsp3) is 0.476. The van der Waals surface area contributed by atoms with Gasteiger partial charge in [0, 0.05) is 18.5 Å². The van der Waals surface area contributed by atoms with E-state index in [1.165, 1.54) is 0 Å². The highest BCUT2D eigenvalue weighted by molar-refractivity contribution is 5.96. The number of esters is 1. The summed E-state index contributed by atoms with van der Waals surface area (Å²) in [6.45, 7) is 6.93. The molecule has 0 bridgehead atoms. The van der Waals surface area contributed by atoms with Gasteiger partial charge in [-0.2, -0.15) is 0 Å². The minimum atomic E-state index is -0.784. The number of hydrogen-bond donors (Lipinski definition) is 0. The molecule has 0 saturated carbocycles. The number of aryl methyl sites for hydroxylation is 2. The molecule has 1 atom stereocenters. The van der Waals surface area contributed by atoms with Gasteiger partial charge in [0.05, 0.1) is 16.8 Å². The van der Waals surface area contributed by atoms with Gasteiger partial charge in [-0.05, 0) is 51.8 Å². The molecule has 1 fully saturated rings. The van der Waals surface area contributed by atoms with Crippen molar-refractivity contribution in [3.63, 3.8) is 0 Å². The van der Waals surface area contributed by atoms with E-state index in [2.05, 4.69) is 4.98 Å². The predicted molar refractivity (Wildman–Crippen MR) is 101 cm³/mol. The molecular formula is C21H26N2O3. The van der Waals surface area contributed by atoms with Crippen molar-refractivity contribution in [3.8, 4) is 0 Å². The third-order valence-electron chi connectivity index (χ3n) is 4.93. The summed E-state index contributed by atoms with van der Waals surface area (Å²) in [4.78, 5) is 31.5. The lowest BCUT2D eigenvalue weighted by Crippen LogP contribution is -2.40. The second-order valence-electron chi connectivity index (χ2n) is 7.10. The number of aromatic nitrogens is 1. The number of carbonyl (C=O) groups excluding carboxylic acids is 2. The van der Waals surface area contributed by atoms with Crippen LogP contribution in [0.2, 0.25) is 0 Å². The van der Waals surface area contributed by atoms with Crippen LogP contribution in [0.25, 0.3) is 10.9 Å². The number of amides is 1. The van der Waals surface area contributed by atoms with Crippen molar-refractivity contribution >= 4 is 22.8 Å². The maximum absolute atomic E-state index is 12.6. The van der Waals surface area contributed by atoms with Crippen molar-refractivity contribution < 1.29 is 14.3 Å². The van der Waals surface area contributed by atoms with Crippen molar-refractivity contribution in [2.45, 2.75) is 52.6 Å². The number of likely N-dealkylation sites (tertiary alicyclic amines) is 1. The van der Waals surface area contributed by atoms with Gasteiger partial charge in [0.2, 0.25) is 0 Å². The quantitative estimate of drug-likeness (QED) is 0.787. The van der Waals surface area contributed by atoms with Gasteiger partial charge in [-0.15, -0.1) is 0 Å². The molecule has 1 amide bonds. The molecule has 0 unspecified atom stereocenters. The Labute approximate surface area is 154 Å². The lowest BCUT2D eigenvalue weighted by atomic mass is 10.1. The Hall–Kier alpha value is -2.43. The minimum absolute atomic E-state index is 0.109. The molecule has 1 aliphatic rings. The van der Waals surface area contributed by atoms with Crippen LogP contribution in [0, 0.1) is 13.8 Å². The summed E-state index contributed by atoms with van der Waals surface area (Å²) in [6, 6.07) is 7.73. The van der Waals surface area contributed by atoms with Crippen LogP contribution in [0.4, 0.5) is 0 Å². The zero-order valence-electron chi connectivity index (χ0n) is 15.7. The highest BCUT2D eigenvalue weighted by atomic mass is 16.5. The summed E-state index contributed by atoms with van der Waals surface area (Å²) >= 11 is 0. The van der Waals surface area contributed by atoms with Gasteiger partial charge >= 0.3 is 5.97 Å². The molecule has 1 saturated heterocycles. The fourth-order valence-electron chi connectivity index (χ4n) is 3.42. The molecule has 138 valence electrons. The molecule has 1 aliphatic heterocycles. The minimum Gasteiger partial charge on any atom is -0.449 e. The van der Waals surface area contributed by atoms with Crippen molar-refractivity contribution in [1.82, 2.24) is 9.88 Å². The largest absolute Gasteiger partial charge is 0.449 e. The molecule has 2 aromatic rings. The van der Waals surface area contributed by atoms with Crippen molar-refractivity contribution in [2.75, 3.05) is 13.1 Å². The highest BCUT2D eigenvalue weighted by Crippen LogP contribution is 2.20. The Morgan fingerprint density at radius 2 is 1.77 bits per heavy atom. The Kier molecular flexibility index (Phi) is 5.55. The number of nitrogens with zero attached hydrogens (tertiary/aromatic N) is 2. The molecule has 0 aliphatic carbocycles. The van der Waals surface area contributed by atoms with Gasteiger partial charge < -0.3 is 9.64 Å². The molecule has 3 rings (SSSR count). The van der Waals surface area contributed by atoms with Gasteiger partial charge in [0.15, 0.2) is 6.10 Å². The number of benzene rings is 1. The van der Waals surface area contributed by atoms with Crippen LogP contribution >= 0.6 is 0 Å². The fourth-order valence-corrected chi connectivity index (χ4v) is 3.42. The van der Waals surface area contributed by atoms with E-state index >= 15 is 0 Å². The van der Waals surface area contributed by atoms with E-state index < -0.39 is 12.1 Å². The zero-order valence-corrected chi connectivity index (χ0v) is 15.7. The Morgan fingerprint density at radius 1 is 1.08 bits per heavy atom. The Morgan fingerprint density at radius 3 is 2.46 bits per heavy atom. The lowest BCUT2D eigenvalue weighted by molar-refractivity contribution is -0.139.